The fourth-order valence-electron chi connectivity index (χ4n) is 1.27. The van der Waals surface area contributed by atoms with Crippen LogP contribution in [0.4, 0.5) is 0 Å². The largest absolute Gasteiger partial charge is 0.383 e. The molecule has 0 aromatic carbocycles. The number of likely N-dealkylation sites (N-methyl/N-ethyl adjacent to an activating group) is 1. The number of hydrogen-bond donors (Lipinski definition) is 0. The quantitative estimate of drug-likeness (QED) is 0.598. The molecule has 0 aromatic heterocycles. The van der Waals surface area contributed by atoms with Crippen molar-refractivity contribution in [3.63, 3.8) is 0 Å². The number of hydrogen-bond acceptors (Lipinski definition) is 3. The number of methoxy groups -OCH3 is 1. The molecule has 1 aliphatic heterocycles. The van der Waals surface area contributed by atoms with Crippen molar-refractivity contribution in [3.05, 3.63) is 11.8 Å². The summed E-state index contributed by atoms with van der Waals surface area (Å²) < 4.78 is 4.99. The van der Waals surface area contributed by atoms with Crippen molar-refractivity contribution in [2.75, 3.05) is 33.9 Å². The Morgan fingerprint density at radius 1 is 1.64 bits per heavy atom. The normalized spacial score (nSPS) is 19.2. The van der Waals surface area contributed by atoms with Crippen LogP contribution in [-0.2, 0) is 4.74 Å². The molecule has 0 unspecified atom stereocenters. The van der Waals surface area contributed by atoms with Crippen LogP contribution in [0.15, 0.2) is 11.8 Å². The molecule has 0 N–H and O–H groups in total. The summed E-state index contributed by atoms with van der Waals surface area (Å²) in [4.78, 5) is 0. The zero-order chi connectivity index (χ0) is 8.27. The van der Waals surface area contributed by atoms with Crippen molar-refractivity contribution in [1.29, 1.82) is 0 Å². The molecule has 3 nitrogen and oxygen atoms in total. The first-order valence-electron chi connectivity index (χ1n) is 3.88. The van der Waals surface area contributed by atoms with E-state index in [-0.39, 0.29) is 0 Å². The van der Waals surface area contributed by atoms with E-state index in [1.807, 2.05) is 0 Å². The minimum absolute atomic E-state index is 0.786. The Bertz CT molecular complexity index is 156. The average Bonchev–Trinajstić information content (AvgIpc) is 2.26. The summed E-state index contributed by atoms with van der Waals surface area (Å²) in [6.07, 6.45) is 2.17. The Morgan fingerprint density at radius 2 is 2.36 bits per heavy atom. The van der Waals surface area contributed by atoms with Gasteiger partial charge < -0.3 is 9.75 Å². The summed E-state index contributed by atoms with van der Waals surface area (Å²) in [5, 5.41) is 4.37. The van der Waals surface area contributed by atoms with Crippen molar-refractivity contribution < 1.29 is 4.74 Å². The van der Waals surface area contributed by atoms with Crippen molar-refractivity contribution in [3.8, 4) is 0 Å². The Morgan fingerprint density at radius 3 is 2.82 bits per heavy atom. The molecule has 0 atom stereocenters. The molecule has 3 heteroatoms. The third-order valence-corrected chi connectivity index (χ3v) is 1.81. The van der Waals surface area contributed by atoms with Crippen LogP contribution in [0.2, 0.25) is 0 Å². The lowest BCUT2D eigenvalue weighted by Crippen LogP contribution is -2.33. The monoisotopic (exact) mass is 156 g/mol. The SMILES string of the molecule is COCCN1C=C(C)CN1C. The van der Waals surface area contributed by atoms with E-state index in [9.17, 15) is 0 Å². The highest BCUT2D eigenvalue weighted by atomic mass is 16.5. The zero-order valence-electron chi connectivity index (χ0n) is 7.50. The van der Waals surface area contributed by atoms with E-state index in [4.69, 9.17) is 4.74 Å². The van der Waals surface area contributed by atoms with Crippen molar-refractivity contribution >= 4 is 0 Å². The van der Waals surface area contributed by atoms with Gasteiger partial charge in [-0.1, -0.05) is 0 Å². The van der Waals surface area contributed by atoms with Crippen LogP contribution in [0.1, 0.15) is 6.92 Å². The second kappa shape index (κ2) is 3.74. The third kappa shape index (κ3) is 2.20. The highest BCUT2D eigenvalue weighted by Gasteiger charge is 2.13. The second-order valence-corrected chi connectivity index (χ2v) is 2.95. The van der Waals surface area contributed by atoms with Gasteiger partial charge >= 0.3 is 0 Å². The minimum atomic E-state index is 0.786. The maximum absolute atomic E-state index is 4.99. The number of ether oxygens (including phenoxy) is 1. The molecule has 0 aromatic rings. The van der Waals surface area contributed by atoms with Gasteiger partial charge in [-0.05, 0) is 12.5 Å². The molecular weight excluding hydrogens is 140 g/mol. The molecule has 64 valence electrons. The summed E-state index contributed by atoms with van der Waals surface area (Å²) in [7, 11) is 3.81. The van der Waals surface area contributed by atoms with E-state index in [0.29, 0.717) is 0 Å². The van der Waals surface area contributed by atoms with Gasteiger partial charge in [-0.2, -0.15) is 0 Å². The van der Waals surface area contributed by atoms with Crippen LogP contribution >= 0.6 is 0 Å². The zero-order valence-corrected chi connectivity index (χ0v) is 7.50. The van der Waals surface area contributed by atoms with E-state index >= 15 is 0 Å². The summed E-state index contributed by atoms with van der Waals surface area (Å²) in [5.41, 5.74) is 1.41. The van der Waals surface area contributed by atoms with Crippen LogP contribution < -0.4 is 0 Å². The number of nitrogens with zero attached hydrogens (tertiary/aromatic N) is 2. The van der Waals surface area contributed by atoms with Crippen LogP contribution in [0.5, 0.6) is 0 Å². The van der Waals surface area contributed by atoms with Gasteiger partial charge in [0.2, 0.25) is 0 Å². The standard InChI is InChI=1S/C8H16N2O/c1-8-6-9(2)10(7-8)4-5-11-3/h7H,4-6H2,1-3H3. The maximum atomic E-state index is 4.99. The van der Waals surface area contributed by atoms with E-state index in [0.717, 1.165) is 19.7 Å². The molecule has 1 aliphatic rings. The van der Waals surface area contributed by atoms with Crippen LogP contribution in [0.3, 0.4) is 0 Å². The molecule has 1 heterocycles. The second-order valence-electron chi connectivity index (χ2n) is 2.95. The van der Waals surface area contributed by atoms with Crippen LogP contribution in [0, 0.1) is 0 Å². The van der Waals surface area contributed by atoms with E-state index in [1.54, 1.807) is 7.11 Å². The average molecular weight is 156 g/mol. The van der Waals surface area contributed by atoms with E-state index < -0.39 is 0 Å². The Kier molecular flexibility index (Phi) is 2.91. The minimum Gasteiger partial charge on any atom is -0.383 e. The van der Waals surface area contributed by atoms with Gasteiger partial charge in [-0.15, -0.1) is 0 Å². The van der Waals surface area contributed by atoms with Gasteiger partial charge in [0.25, 0.3) is 0 Å². The first kappa shape index (κ1) is 8.56. The molecular formula is C8H16N2O. The lowest BCUT2D eigenvalue weighted by molar-refractivity contribution is 0.0518. The van der Waals surface area contributed by atoms with Gasteiger partial charge in [-0.25, -0.2) is 5.01 Å². The van der Waals surface area contributed by atoms with Gasteiger partial charge in [0, 0.05) is 26.9 Å². The molecule has 0 saturated heterocycles. The molecule has 0 spiro atoms. The van der Waals surface area contributed by atoms with Crippen LogP contribution in [-0.4, -0.2) is 43.9 Å². The first-order chi connectivity index (χ1) is 5.24. The predicted octanol–water partition coefficient (Wildman–Crippen LogP) is 0.699. The Labute approximate surface area is 68.2 Å². The summed E-state index contributed by atoms with van der Waals surface area (Å²) in [6.45, 7) is 4.92. The topological polar surface area (TPSA) is 15.7 Å². The molecule has 11 heavy (non-hydrogen) atoms. The van der Waals surface area contributed by atoms with Crippen molar-refractivity contribution in [2.45, 2.75) is 6.92 Å². The molecule has 0 saturated carbocycles. The molecule has 0 bridgehead atoms. The predicted molar refractivity (Wildman–Crippen MR) is 45.0 cm³/mol. The van der Waals surface area contributed by atoms with Gasteiger partial charge in [0.1, 0.15) is 0 Å². The lowest BCUT2D eigenvalue weighted by atomic mass is 10.3. The molecule has 0 fully saturated rings. The van der Waals surface area contributed by atoms with Gasteiger partial charge in [0.05, 0.1) is 13.2 Å². The Hall–Kier alpha value is -0.540. The third-order valence-electron chi connectivity index (χ3n) is 1.81. The summed E-state index contributed by atoms with van der Waals surface area (Å²) in [5.74, 6) is 0. The lowest BCUT2D eigenvalue weighted by Gasteiger charge is -2.24. The van der Waals surface area contributed by atoms with Crippen molar-refractivity contribution in [1.82, 2.24) is 10.0 Å². The smallest absolute Gasteiger partial charge is 0.0653 e. The molecule has 0 amide bonds. The number of hydrazine groups is 1. The van der Waals surface area contributed by atoms with Crippen LogP contribution in [0.25, 0.3) is 0 Å². The van der Waals surface area contributed by atoms with E-state index in [1.165, 1.54) is 5.57 Å². The number of rotatable bonds is 3. The Balaban J connectivity index is 2.33. The highest BCUT2D eigenvalue weighted by Crippen LogP contribution is 2.10. The fraction of sp³-hybridized carbons (Fsp3) is 0.750. The van der Waals surface area contributed by atoms with Gasteiger partial charge in [-0.3, -0.25) is 0 Å². The highest BCUT2D eigenvalue weighted by molar-refractivity contribution is 5.04. The summed E-state index contributed by atoms with van der Waals surface area (Å²) >= 11 is 0. The van der Waals surface area contributed by atoms with Gasteiger partial charge in [0.15, 0.2) is 0 Å². The first-order valence-corrected chi connectivity index (χ1v) is 3.88. The molecule has 1 rings (SSSR count). The molecule has 0 radical (unpaired) electrons. The van der Waals surface area contributed by atoms with E-state index in [2.05, 4.69) is 30.2 Å². The fourth-order valence-corrected chi connectivity index (χ4v) is 1.27. The van der Waals surface area contributed by atoms with Crippen molar-refractivity contribution in [2.24, 2.45) is 0 Å². The molecule has 0 aliphatic carbocycles. The maximum Gasteiger partial charge on any atom is 0.0653 e. The summed E-state index contributed by atoms with van der Waals surface area (Å²) in [6, 6.07) is 0.